The van der Waals surface area contributed by atoms with E-state index in [9.17, 15) is 10.1 Å². The molecule has 0 amide bonds. The molecule has 20 heavy (non-hydrogen) atoms. The molecular formula is C12H16N6O2. The molecule has 0 radical (unpaired) electrons. The Hall–Kier alpha value is -2.64. The van der Waals surface area contributed by atoms with Crippen LogP contribution in [0.1, 0.15) is 5.69 Å². The second kappa shape index (κ2) is 6.00. The minimum atomic E-state index is -0.438. The van der Waals surface area contributed by atoms with Crippen molar-refractivity contribution in [1.82, 2.24) is 14.8 Å². The maximum atomic E-state index is 10.8. The molecule has 0 aromatic carbocycles. The van der Waals surface area contributed by atoms with Gasteiger partial charge in [0.25, 0.3) is 5.69 Å². The molecule has 106 valence electrons. The third-order valence-electron chi connectivity index (χ3n) is 2.73. The van der Waals surface area contributed by atoms with Crippen molar-refractivity contribution in [2.75, 3.05) is 24.2 Å². The number of anilines is 2. The molecule has 0 saturated heterocycles. The average Bonchev–Trinajstić information content (AvgIpc) is 2.84. The zero-order chi connectivity index (χ0) is 14.5. The van der Waals surface area contributed by atoms with Crippen LogP contribution >= 0.6 is 0 Å². The first kappa shape index (κ1) is 13.8. The van der Waals surface area contributed by atoms with Crippen molar-refractivity contribution >= 4 is 17.3 Å². The first-order chi connectivity index (χ1) is 9.58. The standard InChI is InChI=1S/C12H16N6O2/c1-13-11-7-10(18(19)20)8-12(15-11)14-5-3-9-4-6-17(2)16-9/h4,6-8H,3,5H2,1-2H3,(H2,13,14,15). The lowest BCUT2D eigenvalue weighted by atomic mass is 10.3. The first-order valence-electron chi connectivity index (χ1n) is 6.15. The molecule has 0 atom stereocenters. The molecule has 0 aliphatic heterocycles. The average molecular weight is 276 g/mol. The van der Waals surface area contributed by atoms with Gasteiger partial charge in [0.2, 0.25) is 0 Å². The molecule has 2 rings (SSSR count). The minimum absolute atomic E-state index is 0.00434. The summed E-state index contributed by atoms with van der Waals surface area (Å²) >= 11 is 0. The van der Waals surface area contributed by atoms with Gasteiger partial charge in [0.15, 0.2) is 0 Å². The predicted octanol–water partition coefficient (Wildman–Crippen LogP) is 1.42. The van der Waals surface area contributed by atoms with E-state index in [2.05, 4.69) is 20.7 Å². The maximum absolute atomic E-state index is 10.8. The second-order valence-electron chi connectivity index (χ2n) is 4.26. The maximum Gasteiger partial charge on any atom is 0.276 e. The number of hydrogen-bond acceptors (Lipinski definition) is 6. The lowest BCUT2D eigenvalue weighted by Crippen LogP contribution is -2.08. The molecule has 0 spiro atoms. The largest absolute Gasteiger partial charge is 0.373 e. The molecule has 2 heterocycles. The van der Waals surface area contributed by atoms with Crippen molar-refractivity contribution in [3.05, 3.63) is 40.2 Å². The summed E-state index contributed by atoms with van der Waals surface area (Å²) in [4.78, 5) is 14.6. The summed E-state index contributed by atoms with van der Waals surface area (Å²) in [7, 11) is 3.53. The van der Waals surface area contributed by atoms with Crippen LogP contribution in [0.2, 0.25) is 0 Å². The minimum Gasteiger partial charge on any atom is -0.373 e. The van der Waals surface area contributed by atoms with Gasteiger partial charge in [-0.1, -0.05) is 0 Å². The second-order valence-corrected chi connectivity index (χ2v) is 4.26. The third kappa shape index (κ3) is 3.44. The Morgan fingerprint density at radius 3 is 2.75 bits per heavy atom. The summed E-state index contributed by atoms with van der Waals surface area (Å²) in [5.74, 6) is 0.930. The molecule has 2 N–H and O–H groups in total. The molecule has 0 aliphatic rings. The summed E-state index contributed by atoms with van der Waals surface area (Å²) in [5, 5.41) is 21.0. The van der Waals surface area contributed by atoms with Crippen molar-refractivity contribution in [2.45, 2.75) is 6.42 Å². The van der Waals surface area contributed by atoms with Crippen LogP contribution < -0.4 is 10.6 Å². The first-order valence-corrected chi connectivity index (χ1v) is 6.15. The molecule has 0 saturated carbocycles. The van der Waals surface area contributed by atoms with Gasteiger partial charge in [0.05, 0.1) is 22.7 Å². The van der Waals surface area contributed by atoms with E-state index in [0.29, 0.717) is 18.2 Å². The highest BCUT2D eigenvalue weighted by atomic mass is 16.6. The van der Waals surface area contributed by atoms with Crippen LogP contribution in [0.5, 0.6) is 0 Å². The Kier molecular flexibility index (Phi) is 4.14. The normalized spacial score (nSPS) is 10.3. The van der Waals surface area contributed by atoms with Crippen molar-refractivity contribution < 1.29 is 4.92 Å². The zero-order valence-electron chi connectivity index (χ0n) is 11.3. The highest BCUT2D eigenvalue weighted by Crippen LogP contribution is 2.20. The Morgan fingerprint density at radius 2 is 2.15 bits per heavy atom. The van der Waals surface area contributed by atoms with Gasteiger partial charge in [-0.15, -0.1) is 0 Å². The van der Waals surface area contributed by atoms with E-state index in [-0.39, 0.29) is 5.69 Å². The topological polar surface area (TPSA) is 97.9 Å². The van der Waals surface area contributed by atoms with Crippen molar-refractivity contribution in [2.24, 2.45) is 7.05 Å². The Bertz CT molecular complexity index is 610. The Balaban J connectivity index is 2.01. The van der Waals surface area contributed by atoms with Crippen LogP contribution in [0.4, 0.5) is 17.3 Å². The molecule has 0 aliphatic carbocycles. The van der Waals surface area contributed by atoms with Gasteiger partial charge >= 0.3 is 0 Å². The van der Waals surface area contributed by atoms with Gasteiger partial charge in [-0.2, -0.15) is 5.10 Å². The molecule has 8 heteroatoms. The van der Waals surface area contributed by atoms with E-state index in [0.717, 1.165) is 12.1 Å². The van der Waals surface area contributed by atoms with E-state index in [1.807, 2.05) is 19.3 Å². The quantitative estimate of drug-likeness (QED) is 0.611. The monoisotopic (exact) mass is 276 g/mol. The number of aryl methyl sites for hydroxylation is 1. The molecule has 0 fully saturated rings. The van der Waals surface area contributed by atoms with Gasteiger partial charge in [-0.25, -0.2) is 4.98 Å². The fourth-order valence-corrected chi connectivity index (χ4v) is 1.76. The van der Waals surface area contributed by atoms with Gasteiger partial charge < -0.3 is 10.6 Å². The van der Waals surface area contributed by atoms with E-state index < -0.39 is 4.92 Å². The van der Waals surface area contributed by atoms with E-state index >= 15 is 0 Å². The van der Waals surface area contributed by atoms with Crippen molar-refractivity contribution in [1.29, 1.82) is 0 Å². The summed E-state index contributed by atoms with van der Waals surface area (Å²) in [5.41, 5.74) is 0.962. The fraction of sp³-hybridized carbons (Fsp3) is 0.333. The smallest absolute Gasteiger partial charge is 0.276 e. The highest BCUT2D eigenvalue weighted by molar-refractivity contribution is 5.54. The van der Waals surface area contributed by atoms with E-state index in [4.69, 9.17) is 0 Å². The number of aromatic nitrogens is 3. The number of nitrogens with zero attached hydrogens (tertiary/aromatic N) is 4. The molecule has 2 aromatic rings. The third-order valence-corrected chi connectivity index (χ3v) is 2.73. The lowest BCUT2D eigenvalue weighted by molar-refractivity contribution is -0.384. The van der Waals surface area contributed by atoms with E-state index in [1.165, 1.54) is 12.1 Å². The number of hydrogen-bond donors (Lipinski definition) is 2. The van der Waals surface area contributed by atoms with Crippen LogP contribution in [0.3, 0.4) is 0 Å². The fourth-order valence-electron chi connectivity index (χ4n) is 1.76. The van der Waals surface area contributed by atoms with Crippen LogP contribution in [0.25, 0.3) is 0 Å². The predicted molar refractivity (Wildman–Crippen MR) is 75.8 cm³/mol. The number of pyridine rings is 1. The SMILES string of the molecule is CNc1cc([N+](=O)[O-])cc(NCCc2ccn(C)n2)n1. The Morgan fingerprint density at radius 1 is 1.40 bits per heavy atom. The molecule has 0 bridgehead atoms. The molecular weight excluding hydrogens is 260 g/mol. The van der Waals surface area contributed by atoms with Gasteiger partial charge in [-0.3, -0.25) is 14.8 Å². The van der Waals surface area contributed by atoms with Crippen LogP contribution in [-0.2, 0) is 13.5 Å². The molecule has 0 unspecified atom stereocenters. The summed E-state index contributed by atoms with van der Waals surface area (Å²) in [6, 6.07) is 4.74. The van der Waals surface area contributed by atoms with Crippen LogP contribution in [0, 0.1) is 10.1 Å². The highest BCUT2D eigenvalue weighted by Gasteiger charge is 2.10. The lowest BCUT2D eigenvalue weighted by Gasteiger charge is -2.06. The van der Waals surface area contributed by atoms with Crippen LogP contribution in [0.15, 0.2) is 24.4 Å². The Labute approximate surface area is 116 Å². The molecule has 8 nitrogen and oxygen atoms in total. The molecule has 2 aromatic heterocycles. The van der Waals surface area contributed by atoms with Gasteiger partial charge in [0.1, 0.15) is 11.6 Å². The van der Waals surface area contributed by atoms with Crippen LogP contribution in [-0.4, -0.2) is 33.3 Å². The summed E-state index contributed by atoms with van der Waals surface area (Å²) in [6.07, 6.45) is 2.60. The van der Waals surface area contributed by atoms with Gasteiger partial charge in [-0.05, 0) is 6.07 Å². The summed E-state index contributed by atoms with van der Waals surface area (Å²) < 4.78 is 1.74. The number of nitrogens with one attached hydrogen (secondary N) is 2. The van der Waals surface area contributed by atoms with E-state index in [1.54, 1.807) is 11.7 Å². The van der Waals surface area contributed by atoms with Gasteiger partial charge in [0, 0.05) is 33.3 Å². The number of nitro groups is 1. The van der Waals surface area contributed by atoms with Crippen molar-refractivity contribution in [3.8, 4) is 0 Å². The summed E-state index contributed by atoms with van der Waals surface area (Å²) in [6.45, 7) is 0.605. The number of rotatable bonds is 6. The zero-order valence-corrected chi connectivity index (χ0v) is 11.3. The van der Waals surface area contributed by atoms with Crippen molar-refractivity contribution in [3.63, 3.8) is 0 Å².